The number of fused-ring (bicyclic) bond motifs is 2. The van der Waals surface area contributed by atoms with Crippen LogP contribution < -0.4 is 10.5 Å². The quantitative estimate of drug-likeness (QED) is 0.426. The van der Waals surface area contributed by atoms with Crippen molar-refractivity contribution in [2.45, 2.75) is 38.4 Å². The van der Waals surface area contributed by atoms with Crippen molar-refractivity contribution < 1.29 is 9.18 Å². The molecular formula is C29H30FN7O2. The van der Waals surface area contributed by atoms with Gasteiger partial charge in [0.25, 0.3) is 11.5 Å². The molecule has 6 rings (SSSR count). The summed E-state index contributed by atoms with van der Waals surface area (Å²) in [5.41, 5.74) is 2.82. The lowest BCUT2D eigenvalue weighted by molar-refractivity contribution is 0.0745. The summed E-state index contributed by atoms with van der Waals surface area (Å²) in [4.78, 5) is 41.0. The van der Waals surface area contributed by atoms with E-state index in [-0.39, 0.29) is 17.0 Å². The first kappa shape index (κ1) is 25.1. The summed E-state index contributed by atoms with van der Waals surface area (Å²) in [5, 5.41) is 8.01. The number of rotatable bonds is 5. The van der Waals surface area contributed by atoms with Gasteiger partial charge in [-0.1, -0.05) is 24.3 Å². The maximum Gasteiger partial charge on any atom is 0.272 e. The first-order valence-electron chi connectivity index (χ1n) is 13.2. The van der Waals surface area contributed by atoms with Gasteiger partial charge in [-0.2, -0.15) is 5.10 Å². The van der Waals surface area contributed by atoms with Crippen molar-refractivity contribution in [3.05, 3.63) is 92.9 Å². The fourth-order valence-corrected chi connectivity index (χ4v) is 5.54. The van der Waals surface area contributed by atoms with Crippen LogP contribution in [0.25, 0.3) is 10.8 Å². The topological polar surface area (TPSA) is 98.3 Å². The zero-order chi connectivity index (χ0) is 27.1. The highest BCUT2D eigenvalue weighted by molar-refractivity contribution is 5.95. The molecule has 2 aliphatic heterocycles. The van der Waals surface area contributed by atoms with Crippen molar-refractivity contribution in [3.8, 4) is 0 Å². The Morgan fingerprint density at radius 1 is 1.10 bits per heavy atom. The molecule has 0 spiro atoms. The lowest BCUT2D eigenvalue weighted by Crippen LogP contribution is -2.42. The monoisotopic (exact) mass is 527 g/mol. The fraction of sp³-hybridized carbons (Fsp3) is 0.345. The number of anilines is 1. The third-order valence-corrected chi connectivity index (χ3v) is 7.82. The van der Waals surface area contributed by atoms with Crippen molar-refractivity contribution in [2.24, 2.45) is 0 Å². The lowest BCUT2D eigenvalue weighted by Gasteiger charge is -2.35. The molecule has 1 saturated heterocycles. The molecule has 39 heavy (non-hydrogen) atoms. The fourth-order valence-electron chi connectivity index (χ4n) is 5.54. The van der Waals surface area contributed by atoms with E-state index in [0.717, 1.165) is 48.1 Å². The minimum Gasteiger partial charge on any atom is -0.341 e. The van der Waals surface area contributed by atoms with Gasteiger partial charge >= 0.3 is 0 Å². The number of piperidine rings is 1. The van der Waals surface area contributed by atoms with Crippen LogP contribution in [0, 0.1) is 5.82 Å². The van der Waals surface area contributed by atoms with Crippen molar-refractivity contribution >= 4 is 22.6 Å². The standard InChI is InChI=1S/C29H30FN7O2/c1-35(2)20-9-11-36(12-10-20)29-31-15-19-16-37(17-26(19)32-29)28(39)23-13-18(7-8-24(23)30)14-25-21-5-3-4-6-22(21)27(38)34-33-25/h3-8,13,15,20H,9-12,14,16-17H2,1-2H3,(H,34,38). The molecule has 1 N–H and O–H groups in total. The largest absolute Gasteiger partial charge is 0.341 e. The molecule has 2 aromatic carbocycles. The van der Waals surface area contributed by atoms with Gasteiger partial charge in [-0.05, 0) is 50.7 Å². The van der Waals surface area contributed by atoms with E-state index in [1.165, 1.54) is 6.07 Å². The molecule has 0 aliphatic carbocycles. The molecule has 2 aliphatic rings. The van der Waals surface area contributed by atoms with Crippen LogP contribution in [0.1, 0.15) is 45.7 Å². The first-order valence-corrected chi connectivity index (χ1v) is 13.2. The summed E-state index contributed by atoms with van der Waals surface area (Å²) >= 11 is 0. The van der Waals surface area contributed by atoms with Crippen LogP contribution in [-0.4, -0.2) is 69.1 Å². The highest BCUT2D eigenvalue weighted by Gasteiger charge is 2.29. The van der Waals surface area contributed by atoms with E-state index in [1.54, 1.807) is 35.4 Å². The molecule has 0 bridgehead atoms. The van der Waals surface area contributed by atoms with Gasteiger partial charge in [0.1, 0.15) is 5.82 Å². The van der Waals surface area contributed by atoms with Gasteiger partial charge in [0.15, 0.2) is 0 Å². The number of aromatic nitrogens is 4. The Labute approximate surface area is 225 Å². The Morgan fingerprint density at radius 3 is 2.64 bits per heavy atom. The summed E-state index contributed by atoms with van der Waals surface area (Å²) in [6.07, 6.45) is 4.25. The molecule has 0 unspecified atom stereocenters. The van der Waals surface area contributed by atoms with Gasteiger partial charge in [-0.15, -0.1) is 0 Å². The van der Waals surface area contributed by atoms with Crippen LogP contribution in [-0.2, 0) is 19.5 Å². The maximum absolute atomic E-state index is 14.9. The number of hydrogen-bond donors (Lipinski definition) is 1. The number of hydrogen-bond acceptors (Lipinski definition) is 7. The molecule has 0 saturated carbocycles. The van der Waals surface area contributed by atoms with Gasteiger partial charge in [-0.25, -0.2) is 19.5 Å². The van der Waals surface area contributed by atoms with Crippen LogP contribution in [0.5, 0.6) is 0 Å². The summed E-state index contributed by atoms with van der Waals surface area (Å²) in [7, 11) is 4.22. The zero-order valence-corrected chi connectivity index (χ0v) is 22.0. The van der Waals surface area contributed by atoms with E-state index in [0.29, 0.717) is 42.6 Å². The average molecular weight is 528 g/mol. The molecular weight excluding hydrogens is 497 g/mol. The highest BCUT2D eigenvalue weighted by atomic mass is 19.1. The second kappa shape index (κ2) is 10.2. The first-order chi connectivity index (χ1) is 18.9. The Balaban J connectivity index is 1.19. The van der Waals surface area contributed by atoms with Gasteiger partial charge in [0, 0.05) is 49.2 Å². The third kappa shape index (κ3) is 4.87. The third-order valence-electron chi connectivity index (χ3n) is 7.82. The lowest BCUT2D eigenvalue weighted by atomic mass is 10.0. The maximum atomic E-state index is 14.9. The molecule has 9 nitrogen and oxygen atoms in total. The molecule has 2 aromatic heterocycles. The van der Waals surface area contributed by atoms with Crippen LogP contribution >= 0.6 is 0 Å². The number of nitrogens with zero attached hydrogens (tertiary/aromatic N) is 6. The Morgan fingerprint density at radius 2 is 1.87 bits per heavy atom. The van der Waals surface area contributed by atoms with E-state index in [9.17, 15) is 14.0 Å². The van der Waals surface area contributed by atoms with Gasteiger partial charge in [0.2, 0.25) is 5.95 Å². The van der Waals surface area contributed by atoms with Crippen molar-refractivity contribution in [2.75, 3.05) is 32.1 Å². The predicted octanol–water partition coefficient (Wildman–Crippen LogP) is 3.13. The summed E-state index contributed by atoms with van der Waals surface area (Å²) in [5.74, 6) is -0.274. The number of carbonyl (C=O) groups excluding carboxylic acids is 1. The van der Waals surface area contributed by atoms with Crippen LogP contribution in [0.15, 0.2) is 53.5 Å². The molecule has 1 amide bonds. The highest BCUT2D eigenvalue weighted by Crippen LogP contribution is 2.27. The van der Waals surface area contributed by atoms with E-state index in [4.69, 9.17) is 4.98 Å². The number of amides is 1. The molecule has 4 heterocycles. The number of aromatic amines is 1. The molecule has 200 valence electrons. The molecule has 0 radical (unpaired) electrons. The Kier molecular flexibility index (Phi) is 6.56. The summed E-state index contributed by atoms with van der Waals surface area (Å²) in [6, 6.07) is 12.3. The number of carbonyl (C=O) groups is 1. The molecule has 0 atom stereocenters. The van der Waals surface area contributed by atoms with E-state index in [2.05, 4.69) is 39.1 Å². The van der Waals surface area contributed by atoms with Crippen molar-refractivity contribution in [1.82, 2.24) is 30.0 Å². The van der Waals surface area contributed by atoms with Crippen molar-refractivity contribution in [1.29, 1.82) is 0 Å². The van der Waals surface area contributed by atoms with Crippen molar-refractivity contribution in [3.63, 3.8) is 0 Å². The normalized spacial score (nSPS) is 15.8. The molecule has 4 aromatic rings. The Bertz CT molecular complexity index is 1610. The number of benzene rings is 2. The zero-order valence-electron chi connectivity index (χ0n) is 22.0. The number of nitrogens with one attached hydrogen (secondary N) is 1. The molecule has 1 fully saturated rings. The van der Waals surface area contributed by atoms with E-state index < -0.39 is 5.82 Å². The SMILES string of the molecule is CN(C)C1CCN(c2ncc3c(n2)CN(C(=O)c2cc(Cc4n[nH]c(=O)c5ccccc45)ccc2F)C3)CC1. The van der Waals surface area contributed by atoms with Gasteiger partial charge < -0.3 is 14.7 Å². The second-order valence-electron chi connectivity index (χ2n) is 10.5. The second-order valence-corrected chi connectivity index (χ2v) is 10.5. The smallest absolute Gasteiger partial charge is 0.272 e. The number of halogens is 1. The van der Waals surface area contributed by atoms with Gasteiger partial charge in [0.05, 0.1) is 28.9 Å². The summed E-state index contributed by atoms with van der Waals surface area (Å²) < 4.78 is 14.9. The minimum atomic E-state index is -0.575. The summed E-state index contributed by atoms with van der Waals surface area (Å²) in [6.45, 7) is 2.43. The molecule has 10 heteroatoms. The Hall–Kier alpha value is -4.18. The predicted molar refractivity (Wildman–Crippen MR) is 146 cm³/mol. The van der Waals surface area contributed by atoms with E-state index in [1.807, 2.05) is 12.1 Å². The average Bonchev–Trinajstić information content (AvgIpc) is 3.39. The van der Waals surface area contributed by atoms with Crippen LogP contribution in [0.2, 0.25) is 0 Å². The minimum absolute atomic E-state index is 0.00739. The number of H-pyrrole nitrogens is 1. The van der Waals surface area contributed by atoms with Gasteiger partial charge in [-0.3, -0.25) is 9.59 Å². The van der Waals surface area contributed by atoms with E-state index >= 15 is 0 Å². The van der Waals surface area contributed by atoms with Crippen LogP contribution in [0.3, 0.4) is 0 Å². The van der Waals surface area contributed by atoms with Crippen LogP contribution in [0.4, 0.5) is 10.3 Å².